The molecular formula is C14H19N3. The van der Waals surface area contributed by atoms with Crippen molar-refractivity contribution in [3.05, 3.63) is 41.1 Å². The molecule has 3 heteroatoms. The number of nitrogens with one attached hydrogen (secondary N) is 1. The molecule has 90 valence electrons. The second kappa shape index (κ2) is 4.72. The van der Waals surface area contributed by atoms with E-state index in [1.807, 2.05) is 6.92 Å². The monoisotopic (exact) mass is 229 g/mol. The molecule has 1 heterocycles. The lowest BCUT2D eigenvalue weighted by atomic mass is 10.0. The van der Waals surface area contributed by atoms with E-state index in [0.717, 1.165) is 17.8 Å². The molecule has 0 saturated heterocycles. The number of aromatic nitrogens is 2. The average molecular weight is 229 g/mol. The zero-order valence-corrected chi connectivity index (χ0v) is 10.6. The Morgan fingerprint density at radius 1 is 1.29 bits per heavy atom. The smallest absolute Gasteiger partial charge is 0.0926 e. The maximum Gasteiger partial charge on any atom is 0.0926 e. The van der Waals surface area contributed by atoms with E-state index in [2.05, 4.69) is 48.3 Å². The van der Waals surface area contributed by atoms with Crippen molar-refractivity contribution >= 4 is 0 Å². The Hall–Kier alpha value is -1.61. The average Bonchev–Trinajstić information content (AvgIpc) is 2.65. The number of aryl methyl sites for hydroxylation is 2. The summed E-state index contributed by atoms with van der Waals surface area (Å²) in [7, 11) is 0. The standard InChI is InChI=1S/C14H19N3/c1-9-4-5-13(10(2)6-9)14-8-12(16-17-14)7-11(3)15/h4-6,8,11H,7,15H2,1-3H3,(H,16,17). The van der Waals surface area contributed by atoms with Crippen LogP contribution in [0.5, 0.6) is 0 Å². The Morgan fingerprint density at radius 2 is 2.06 bits per heavy atom. The molecule has 0 bridgehead atoms. The molecule has 2 rings (SSSR count). The molecular weight excluding hydrogens is 210 g/mol. The topological polar surface area (TPSA) is 54.7 Å². The minimum Gasteiger partial charge on any atom is -0.328 e. The maximum absolute atomic E-state index is 5.77. The molecule has 0 radical (unpaired) electrons. The lowest BCUT2D eigenvalue weighted by molar-refractivity contribution is 0.719. The zero-order valence-electron chi connectivity index (χ0n) is 10.6. The summed E-state index contributed by atoms with van der Waals surface area (Å²) in [6, 6.07) is 8.65. The third-order valence-corrected chi connectivity index (χ3v) is 2.83. The Bertz CT molecular complexity index is 512. The first-order chi connectivity index (χ1) is 8.06. The number of hydrogen-bond acceptors (Lipinski definition) is 2. The third-order valence-electron chi connectivity index (χ3n) is 2.83. The van der Waals surface area contributed by atoms with Gasteiger partial charge in [-0.25, -0.2) is 0 Å². The highest BCUT2D eigenvalue weighted by atomic mass is 15.1. The van der Waals surface area contributed by atoms with Gasteiger partial charge in [-0.05, 0) is 32.4 Å². The van der Waals surface area contributed by atoms with Crippen LogP contribution in [-0.2, 0) is 6.42 Å². The quantitative estimate of drug-likeness (QED) is 0.850. The Kier molecular flexibility index (Phi) is 3.29. The van der Waals surface area contributed by atoms with Crippen LogP contribution in [0, 0.1) is 13.8 Å². The number of nitrogens with zero attached hydrogens (tertiary/aromatic N) is 1. The van der Waals surface area contributed by atoms with E-state index in [-0.39, 0.29) is 6.04 Å². The number of hydrogen-bond donors (Lipinski definition) is 2. The van der Waals surface area contributed by atoms with Crippen molar-refractivity contribution in [2.45, 2.75) is 33.2 Å². The molecule has 0 aliphatic carbocycles. The van der Waals surface area contributed by atoms with E-state index in [1.54, 1.807) is 0 Å². The highest BCUT2D eigenvalue weighted by Gasteiger charge is 2.07. The van der Waals surface area contributed by atoms with Crippen molar-refractivity contribution in [3.63, 3.8) is 0 Å². The van der Waals surface area contributed by atoms with Gasteiger partial charge in [-0.3, -0.25) is 5.10 Å². The summed E-state index contributed by atoms with van der Waals surface area (Å²) >= 11 is 0. The van der Waals surface area contributed by atoms with Crippen LogP contribution in [0.25, 0.3) is 11.3 Å². The molecule has 3 nitrogen and oxygen atoms in total. The number of nitrogens with two attached hydrogens (primary N) is 1. The molecule has 0 fully saturated rings. The predicted octanol–water partition coefficient (Wildman–Crippen LogP) is 2.58. The van der Waals surface area contributed by atoms with Crippen molar-refractivity contribution < 1.29 is 0 Å². The number of rotatable bonds is 3. The Morgan fingerprint density at radius 3 is 2.71 bits per heavy atom. The van der Waals surface area contributed by atoms with Gasteiger partial charge in [0.1, 0.15) is 0 Å². The first kappa shape index (κ1) is 11.9. The van der Waals surface area contributed by atoms with Crippen LogP contribution in [-0.4, -0.2) is 16.2 Å². The summed E-state index contributed by atoms with van der Waals surface area (Å²) in [5, 5.41) is 7.40. The van der Waals surface area contributed by atoms with Gasteiger partial charge in [-0.1, -0.05) is 23.8 Å². The van der Waals surface area contributed by atoms with E-state index < -0.39 is 0 Å². The lowest BCUT2D eigenvalue weighted by Crippen LogP contribution is -2.17. The molecule has 0 aliphatic rings. The minimum atomic E-state index is 0.155. The molecule has 1 unspecified atom stereocenters. The Labute approximate surface area is 102 Å². The number of benzene rings is 1. The van der Waals surface area contributed by atoms with E-state index in [9.17, 15) is 0 Å². The summed E-state index contributed by atoms with van der Waals surface area (Å²) in [6.07, 6.45) is 0.831. The maximum atomic E-state index is 5.77. The molecule has 0 amide bonds. The molecule has 2 aromatic rings. The Balaban J connectivity index is 2.30. The van der Waals surface area contributed by atoms with Gasteiger partial charge in [0.15, 0.2) is 0 Å². The molecule has 1 atom stereocenters. The van der Waals surface area contributed by atoms with Crippen LogP contribution < -0.4 is 5.73 Å². The van der Waals surface area contributed by atoms with E-state index in [1.165, 1.54) is 16.7 Å². The van der Waals surface area contributed by atoms with E-state index in [0.29, 0.717) is 0 Å². The summed E-state index contributed by atoms with van der Waals surface area (Å²) in [5.74, 6) is 0. The van der Waals surface area contributed by atoms with Gasteiger partial charge >= 0.3 is 0 Å². The second-order valence-electron chi connectivity index (χ2n) is 4.78. The molecule has 0 spiro atoms. The van der Waals surface area contributed by atoms with Crippen molar-refractivity contribution in [2.75, 3.05) is 0 Å². The van der Waals surface area contributed by atoms with Crippen LogP contribution in [0.2, 0.25) is 0 Å². The van der Waals surface area contributed by atoms with E-state index in [4.69, 9.17) is 5.73 Å². The van der Waals surface area contributed by atoms with Crippen LogP contribution in [0.4, 0.5) is 0 Å². The van der Waals surface area contributed by atoms with Gasteiger partial charge in [0.2, 0.25) is 0 Å². The van der Waals surface area contributed by atoms with Crippen molar-refractivity contribution in [2.24, 2.45) is 5.73 Å². The second-order valence-corrected chi connectivity index (χ2v) is 4.78. The number of aromatic amines is 1. The highest BCUT2D eigenvalue weighted by molar-refractivity contribution is 5.64. The van der Waals surface area contributed by atoms with Gasteiger partial charge in [0.25, 0.3) is 0 Å². The van der Waals surface area contributed by atoms with Gasteiger partial charge in [-0.2, -0.15) is 5.10 Å². The predicted molar refractivity (Wildman–Crippen MR) is 70.9 cm³/mol. The molecule has 17 heavy (non-hydrogen) atoms. The van der Waals surface area contributed by atoms with Crippen LogP contribution in [0.15, 0.2) is 24.3 Å². The summed E-state index contributed by atoms with van der Waals surface area (Å²) < 4.78 is 0. The van der Waals surface area contributed by atoms with Crippen LogP contribution >= 0.6 is 0 Å². The molecule has 0 aliphatic heterocycles. The fourth-order valence-electron chi connectivity index (χ4n) is 2.05. The van der Waals surface area contributed by atoms with Crippen molar-refractivity contribution in [1.29, 1.82) is 0 Å². The highest BCUT2D eigenvalue weighted by Crippen LogP contribution is 2.23. The van der Waals surface area contributed by atoms with Crippen LogP contribution in [0.1, 0.15) is 23.7 Å². The summed E-state index contributed by atoms with van der Waals surface area (Å²) in [6.45, 7) is 6.21. The van der Waals surface area contributed by atoms with E-state index >= 15 is 0 Å². The first-order valence-corrected chi connectivity index (χ1v) is 5.94. The van der Waals surface area contributed by atoms with Gasteiger partial charge in [0.05, 0.1) is 5.69 Å². The fraction of sp³-hybridized carbons (Fsp3) is 0.357. The summed E-state index contributed by atoms with van der Waals surface area (Å²) in [4.78, 5) is 0. The van der Waals surface area contributed by atoms with Gasteiger partial charge in [-0.15, -0.1) is 0 Å². The largest absolute Gasteiger partial charge is 0.328 e. The molecule has 1 aromatic carbocycles. The number of H-pyrrole nitrogens is 1. The fourth-order valence-corrected chi connectivity index (χ4v) is 2.05. The first-order valence-electron chi connectivity index (χ1n) is 5.94. The molecule has 0 saturated carbocycles. The SMILES string of the molecule is Cc1ccc(-c2cc(CC(C)N)[nH]n2)c(C)c1. The normalized spacial score (nSPS) is 12.7. The van der Waals surface area contributed by atoms with Gasteiger partial charge in [0, 0.05) is 23.7 Å². The van der Waals surface area contributed by atoms with Gasteiger partial charge < -0.3 is 5.73 Å². The minimum absolute atomic E-state index is 0.155. The van der Waals surface area contributed by atoms with Crippen molar-refractivity contribution in [3.8, 4) is 11.3 Å². The van der Waals surface area contributed by atoms with Crippen LogP contribution in [0.3, 0.4) is 0 Å². The van der Waals surface area contributed by atoms with Crippen molar-refractivity contribution in [1.82, 2.24) is 10.2 Å². The molecule has 3 N–H and O–H groups in total. The zero-order chi connectivity index (χ0) is 12.4. The lowest BCUT2D eigenvalue weighted by Gasteiger charge is -2.03. The molecule has 1 aromatic heterocycles. The summed E-state index contributed by atoms with van der Waals surface area (Å²) in [5.41, 5.74) is 11.6. The third kappa shape index (κ3) is 2.74.